The van der Waals surface area contributed by atoms with Crippen molar-refractivity contribution in [2.24, 2.45) is 0 Å². The summed E-state index contributed by atoms with van der Waals surface area (Å²) in [6.45, 7) is 2.28. The Morgan fingerprint density at radius 3 is 2.64 bits per heavy atom. The Morgan fingerprint density at radius 1 is 1.18 bits per heavy atom. The Morgan fingerprint density at radius 2 is 1.91 bits per heavy atom. The number of halogens is 1. The minimum atomic E-state index is -0.207. The molecule has 0 aliphatic carbocycles. The lowest BCUT2D eigenvalue weighted by atomic mass is 10.1. The highest BCUT2D eigenvalue weighted by atomic mass is 35.5. The van der Waals surface area contributed by atoms with Crippen molar-refractivity contribution in [3.05, 3.63) is 86.2 Å². The van der Waals surface area contributed by atoms with Crippen molar-refractivity contribution in [2.45, 2.75) is 19.8 Å². The smallest absolute Gasteiger partial charge is 0.266 e. The normalized spacial score (nSPS) is 14.8. The number of amides is 2. The summed E-state index contributed by atoms with van der Waals surface area (Å²) in [7, 11) is 0. The molecule has 168 valence electrons. The number of benzene rings is 2. The van der Waals surface area contributed by atoms with Gasteiger partial charge in [-0.2, -0.15) is 0 Å². The van der Waals surface area contributed by atoms with Crippen LogP contribution in [0.15, 0.2) is 59.6 Å². The van der Waals surface area contributed by atoms with Crippen LogP contribution < -0.4 is 5.32 Å². The molecule has 1 aliphatic heterocycles. The van der Waals surface area contributed by atoms with Gasteiger partial charge in [0, 0.05) is 35.5 Å². The van der Waals surface area contributed by atoms with Gasteiger partial charge in [0.2, 0.25) is 5.91 Å². The predicted octanol–water partition coefficient (Wildman–Crippen LogP) is 5.93. The van der Waals surface area contributed by atoms with Gasteiger partial charge in [-0.3, -0.25) is 14.5 Å². The van der Waals surface area contributed by atoms with Crippen molar-refractivity contribution < 1.29 is 9.59 Å². The Hall–Kier alpha value is -2.52. The molecule has 0 bridgehead atoms. The van der Waals surface area contributed by atoms with Crippen molar-refractivity contribution in [3.8, 4) is 0 Å². The molecule has 3 aromatic rings. The van der Waals surface area contributed by atoms with Crippen molar-refractivity contribution in [2.75, 3.05) is 11.9 Å². The maximum Gasteiger partial charge on any atom is 0.266 e. The summed E-state index contributed by atoms with van der Waals surface area (Å²) in [5.41, 5.74) is 3.28. The first-order valence-corrected chi connectivity index (χ1v) is 12.6. The van der Waals surface area contributed by atoms with Crippen LogP contribution in [-0.4, -0.2) is 32.6 Å². The number of carbonyl (C=O) groups is 2. The standard InChI is InChI=1S/C24H20ClN3O2S3/c1-15-2-4-16(5-3-15)12-19-14-26-23(32-19)27-21(29)10-11-28-22(30)20(33-24(28)31)13-17-6-8-18(25)9-7-17/h2-9,13-14H,10-12H2,1H3,(H,26,27,29)/b20-13-. The molecule has 0 saturated carbocycles. The molecular weight excluding hydrogens is 494 g/mol. The number of thiocarbonyl (C=S) groups is 1. The van der Waals surface area contributed by atoms with Gasteiger partial charge in [0.05, 0.1) is 4.91 Å². The first-order valence-electron chi connectivity index (χ1n) is 10.2. The largest absolute Gasteiger partial charge is 0.302 e. The van der Waals surface area contributed by atoms with Gasteiger partial charge in [-0.25, -0.2) is 4.98 Å². The first kappa shape index (κ1) is 23.6. The zero-order chi connectivity index (χ0) is 23.4. The van der Waals surface area contributed by atoms with Crippen molar-refractivity contribution >= 4 is 74.3 Å². The fourth-order valence-electron chi connectivity index (χ4n) is 3.15. The second-order valence-electron chi connectivity index (χ2n) is 7.48. The number of thiazole rings is 1. The molecule has 2 heterocycles. The van der Waals surface area contributed by atoms with Crippen LogP contribution in [0.5, 0.6) is 0 Å². The molecule has 1 fully saturated rings. The summed E-state index contributed by atoms with van der Waals surface area (Å²) < 4.78 is 0.447. The summed E-state index contributed by atoms with van der Waals surface area (Å²) in [5, 5.41) is 4.00. The number of anilines is 1. The molecule has 1 N–H and O–H groups in total. The highest BCUT2D eigenvalue weighted by molar-refractivity contribution is 8.26. The summed E-state index contributed by atoms with van der Waals surface area (Å²) in [6.07, 6.45) is 4.46. The average molecular weight is 514 g/mol. The van der Waals surface area contributed by atoms with Gasteiger partial charge in [-0.1, -0.05) is 77.5 Å². The quantitative estimate of drug-likeness (QED) is 0.313. The van der Waals surface area contributed by atoms with Crippen molar-refractivity contribution in [1.82, 2.24) is 9.88 Å². The topological polar surface area (TPSA) is 62.3 Å². The third-order valence-corrected chi connectivity index (χ3v) is 7.45. The number of hydrogen-bond acceptors (Lipinski definition) is 6. The van der Waals surface area contributed by atoms with E-state index < -0.39 is 0 Å². The van der Waals surface area contributed by atoms with Crippen LogP contribution in [0.25, 0.3) is 6.08 Å². The number of carbonyl (C=O) groups excluding carboxylic acids is 2. The Bertz CT molecular complexity index is 1220. The number of thioether (sulfide) groups is 1. The minimum absolute atomic E-state index is 0.132. The molecule has 9 heteroatoms. The van der Waals surface area contributed by atoms with Crippen molar-refractivity contribution in [3.63, 3.8) is 0 Å². The molecule has 1 aromatic heterocycles. The molecule has 1 aliphatic rings. The van der Waals surface area contributed by atoms with Gasteiger partial charge in [0.15, 0.2) is 5.13 Å². The van der Waals surface area contributed by atoms with E-state index in [4.69, 9.17) is 23.8 Å². The highest BCUT2D eigenvalue weighted by Gasteiger charge is 2.32. The molecule has 0 atom stereocenters. The van der Waals surface area contributed by atoms with Crippen LogP contribution in [0.1, 0.15) is 28.0 Å². The number of nitrogens with zero attached hydrogens (tertiary/aromatic N) is 2. The number of nitrogens with one attached hydrogen (secondary N) is 1. The van der Waals surface area contributed by atoms with Crippen LogP contribution >= 0.6 is 46.9 Å². The Kier molecular flexibility index (Phi) is 7.60. The lowest BCUT2D eigenvalue weighted by Crippen LogP contribution is -2.31. The maximum atomic E-state index is 12.7. The number of hydrogen-bond donors (Lipinski definition) is 1. The van der Waals surface area contributed by atoms with Gasteiger partial charge in [0.25, 0.3) is 5.91 Å². The van der Waals surface area contributed by atoms with E-state index >= 15 is 0 Å². The van der Waals surface area contributed by atoms with E-state index in [0.717, 1.165) is 16.9 Å². The zero-order valence-electron chi connectivity index (χ0n) is 17.7. The molecule has 4 rings (SSSR count). The van der Waals surface area contributed by atoms with Gasteiger partial charge >= 0.3 is 0 Å². The lowest BCUT2D eigenvalue weighted by Gasteiger charge is -2.13. The highest BCUT2D eigenvalue weighted by Crippen LogP contribution is 2.33. The Balaban J connectivity index is 1.30. The van der Waals surface area contributed by atoms with Gasteiger partial charge in [0.1, 0.15) is 4.32 Å². The fourth-order valence-corrected chi connectivity index (χ4v) is 5.45. The molecule has 1 saturated heterocycles. The summed E-state index contributed by atoms with van der Waals surface area (Å²) in [5.74, 6) is -0.399. The number of aryl methyl sites for hydroxylation is 1. The maximum absolute atomic E-state index is 12.7. The molecule has 0 radical (unpaired) electrons. The Labute approximate surface area is 210 Å². The lowest BCUT2D eigenvalue weighted by molar-refractivity contribution is -0.122. The molecule has 0 unspecified atom stereocenters. The van der Waals surface area contributed by atoms with E-state index in [2.05, 4.69) is 41.5 Å². The van der Waals surface area contributed by atoms with E-state index in [1.807, 2.05) is 12.1 Å². The monoisotopic (exact) mass is 513 g/mol. The third-order valence-electron chi connectivity index (χ3n) is 4.90. The van der Waals surface area contributed by atoms with E-state index in [1.165, 1.54) is 39.1 Å². The SMILES string of the molecule is Cc1ccc(Cc2cnc(NC(=O)CCN3C(=O)/C(=C/c4ccc(Cl)cc4)SC3=S)s2)cc1. The van der Waals surface area contributed by atoms with Crippen LogP contribution in [0.4, 0.5) is 5.13 Å². The van der Waals surface area contributed by atoms with Crippen LogP contribution in [0, 0.1) is 6.92 Å². The average Bonchev–Trinajstić information content (AvgIpc) is 3.33. The van der Waals surface area contributed by atoms with E-state index in [-0.39, 0.29) is 24.8 Å². The zero-order valence-corrected chi connectivity index (χ0v) is 20.9. The predicted molar refractivity (Wildman–Crippen MR) is 141 cm³/mol. The van der Waals surface area contributed by atoms with Gasteiger partial charge < -0.3 is 5.32 Å². The van der Waals surface area contributed by atoms with Crippen LogP contribution in [-0.2, 0) is 16.0 Å². The summed E-state index contributed by atoms with van der Waals surface area (Å²) >= 11 is 13.9. The van der Waals surface area contributed by atoms with E-state index in [9.17, 15) is 9.59 Å². The number of aromatic nitrogens is 1. The van der Waals surface area contributed by atoms with Crippen LogP contribution in [0.2, 0.25) is 5.02 Å². The molecule has 2 aromatic carbocycles. The fraction of sp³-hybridized carbons (Fsp3) is 0.167. The van der Waals surface area contributed by atoms with Crippen molar-refractivity contribution in [1.29, 1.82) is 0 Å². The second kappa shape index (κ2) is 10.6. The molecular formula is C24H20ClN3O2S3. The van der Waals surface area contributed by atoms with Gasteiger partial charge in [-0.05, 0) is 36.3 Å². The number of rotatable bonds is 7. The molecule has 0 spiro atoms. The summed E-state index contributed by atoms with van der Waals surface area (Å²) in [6, 6.07) is 15.6. The minimum Gasteiger partial charge on any atom is -0.302 e. The molecule has 2 amide bonds. The third kappa shape index (κ3) is 6.29. The van der Waals surface area contributed by atoms with E-state index in [0.29, 0.717) is 19.4 Å². The summed E-state index contributed by atoms with van der Waals surface area (Å²) in [4.78, 5) is 32.5. The first-order chi connectivity index (χ1) is 15.9. The second-order valence-corrected chi connectivity index (χ2v) is 10.7. The van der Waals surface area contributed by atoms with E-state index in [1.54, 1.807) is 24.4 Å². The van der Waals surface area contributed by atoms with Crippen LogP contribution in [0.3, 0.4) is 0 Å². The molecule has 33 heavy (non-hydrogen) atoms. The molecule has 5 nitrogen and oxygen atoms in total. The van der Waals surface area contributed by atoms with Gasteiger partial charge in [-0.15, -0.1) is 11.3 Å².